The number of piperidine rings is 1. The van der Waals surface area contributed by atoms with Gasteiger partial charge in [0.1, 0.15) is 5.75 Å². The molecule has 0 spiro atoms. The van der Waals surface area contributed by atoms with E-state index >= 15 is 0 Å². The zero-order valence-corrected chi connectivity index (χ0v) is 13.5. The number of ether oxygens (including phenoxy) is 1. The number of rotatable bonds is 2. The van der Waals surface area contributed by atoms with Crippen LogP contribution in [0.2, 0.25) is 0 Å². The molecule has 2 atom stereocenters. The van der Waals surface area contributed by atoms with Crippen molar-refractivity contribution < 1.29 is 17.9 Å². The first-order valence-corrected chi connectivity index (χ1v) is 8.97. The first-order chi connectivity index (χ1) is 10.4. The summed E-state index contributed by atoms with van der Waals surface area (Å²) in [6.45, 7) is 4.12. The molecular formula is C15H20N2O4S. The topological polar surface area (TPSA) is 75.7 Å². The van der Waals surface area contributed by atoms with E-state index in [9.17, 15) is 13.2 Å². The lowest BCUT2D eigenvalue weighted by atomic mass is 10.1. The van der Waals surface area contributed by atoms with Crippen molar-refractivity contribution in [3.63, 3.8) is 0 Å². The predicted octanol–water partition coefficient (Wildman–Crippen LogP) is 1.97. The first kappa shape index (κ1) is 15.3. The Bertz CT molecular complexity index is 701. The molecule has 1 amide bonds. The summed E-state index contributed by atoms with van der Waals surface area (Å²) >= 11 is 0. The van der Waals surface area contributed by atoms with Crippen LogP contribution in [-0.4, -0.2) is 37.3 Å². The monoisotopic (exact) mass is 324 g/mol. The molecule has 7 heteroatoms. The summed E-state index contributed by atoms with van der Waals surface area (Å²) in [7, 11) is -3.54. The highest BCUT2D eigenvalue weighted by atomic mass is 32.2. The lowest BCUT2D eigenvalue weighted by Gasteiger charge is -2.32. The van der Waals surface area contributed by atoms with Crippen molar-refractivity contribution in [1.82, 2.24) is 4.31 Å². The van der Waals surface area contributed by atoms with Gasteiger partial charge in [0.05, 0.1) is 10.6 Å². The van der Waals surface area contributed by atoms with Crippen LogP contribution in [0.3, 0.4) is 0 Å². The van der Waals surface area contributed by atoms with Crippen molar-refractivity contribution in [1.29, 1.82) is 0 Å². The quantitative estimate of drug-likeness (QED) is 0.902. The SMILES string of the molecule is C[C@@H]1Oc2cc(S(=O)(=O)N3CCCC[C@@H]3C)ccc2NC1=O. The number of sulfonamides is 1. The maximum atomic E-state index is 12.8. The predicted molar refractivity (Wildman–Crippen MR) is 82.4 cm³/mol. The van der Waals surface area contributed by atoms with E-state index in [2.05, 4.69) is 5.32 Å². The second kappa shape index (κ2) is 5.55. The molecule has 0 bridgehead atoms. The average Bonchev–Trinajstić information content (AvgIpc) is 2.48. The van der Waals surface area contributed by atoms with Crippen LogP contribution in [-0.2, 0) is 14.8 Å². The Labute approximate surface area is 130 Å². The molecule has 0 radical (unpaired) electrons. The summed E-state index contributed by atoms with van der Waals surface area (Å²) in [6.07, 6.45) is 2.20. The maximum Gasteiger partial charge on any atom is 0.265 e. The molecule has 0 saturated carbocycles. The number of carbonyl (C=O) groups is 1. The normalized spacial score (nSPS) is 26.0. The molecule has 1 aromatic rings. The van der Waals surface area contributed by atoms with Crippen molar-refractivity contribution in [2.24, 2.45) is 0 Å². The van der Waals surface area contributed by atoms with Crippen LogP contribution >= 0.6 is 0 Å². The molecule has 1 aromatic carbocycles. The fourth-order valence-electron chi connectivity index (χ4n) is 2.91. The number of amides is 1. The van der Waals surface area contributed by atoms with Gasteiger partial charge in [0, 0.05) is 18.7 Å². The van der Waals surface area contributed by atoms with Crippen LogP contribution in [0.5, 0.6) is 5.75 Å². The van der Waals surface area contributed by atoms with E-state index in [1.165, 1.54) is 12.1 Å². The molecule has 1 N–H and O–H groups in total. The van der Waals surface area contributed by atoms with E-state index in [4.69, 9.17) is 4.74 Å². The van der Waals surface area contributed by atoms with Crippen LogP contribution in [0.15, 0.2) is 23.1 Å². The van der Waals surface area contributed by atoms with Gasteiger partial charge in [-0.3, -0.25) is 4.79 Å². The van der Waals surface area contributed by atoms with Gasteiger partial charge in [0.15, 0.2) is 6.10 Å². The standard InChI is InChI=1S/C15H20N2O4S/c1-10-5-3-4-8-17(10)22(19,20)12-6-7-13-14(9-12)21-11(2)15(18)16-13/h6-7,9-11H,3-5,8H2,1-2H3,(H,16,18)/t10-,11-/m0/s1. The zero-order chi connectivity index (χ0) is 15.9. The summed E-state index contributed by atoms with van der Waals surface area (Å²) in [6, 6.07) is 4.62. The number of hydrogen-bond donors (Lipinski definition) is 1. The molecule has 3 rings (SSSR count). The number of nitrogens with one attached hydrogen (secondary N) is 1. The van der Waals surface area contributed by atoms with Gasteiger partial charge in [-0.2, -0.15) is 4.31 Å². The van der Waals surface area contributed by atoms with Gasteiger partial charge in [-0.05, 0) is 38.8 Å². The van der Waals surface area contributed by atoms with Crippen molar-refractivity contribution >= 4 is 21.6 Å². The van der Waals surface area contributed by atoms with Crippen molar-refractivity contribution in [2.75, 3.05) is 11.9 Å². The van der Waals surface area contributed by atoms with E-state index in [1.54, 1.807) is 17.3 Å². The molecule has 2 heterocycles. The summed E-state index contributed by atoms with van der Waals surface area (Å²) in [4.78, 5) is 11.8. The van der Waals surface area contributed by atoms with Gasteiger partial charge in [0.2, 0.25) is 10.0 Å². The fraction of sp³-hybridized carbons (Fsp3) is 0.533. The van der Waals surface area contributed by atoms with Gasteiger partial charge in [-0.15, -0.1) is 0 Å². The Morgan fingerprint density at radius 3 is 2.77 bits per heavy atom. The number of fused-ring (bicyclic) bond motifs is 1. The number of nitrogens with zero attached hydrogens (tertiary/aromatic N) is 1. The van der Waals surface area contributed by atoms with Gasteiger partial charge in [0.25, 0.3) is 5.91 Å². The Morgan fingerprint density at radius 1 is 1.27 bits per heavy atom. The minimum absolute atomic E-state index is 0.00864. The third-order valence-corrected chi connectivity index (χ3v) is 6.24. The molecule has 2 aliphatic heterocycles. The minimum atomic E-state index is -3.54. The van der Waals surface area contributed by atoms with Gasteiger partial charge in [-0.1, -0.05) is 6.42 Å². The molecule has 1 fully saturated rings. The van der Waals surface area contributed by atoms with Crippen LogP contribution < -0.4 is 10.1 Å². The highest BCUT2D eigenvalue weighted by molar-refractivity contribution is 7.89. The lowest BCUT2D eigenvalue weighted by molar-refractivity contribution is -0.122. The molecule has 120 valence electrons. The van der Waals surface area contributed by atoms with E-state index in [0.29, 0.717) is 18.0 Å². The second-order valence-corrected chi connectivity index (χ2v) is 7.76. The molecule has 22 heavy (non-hydrogen) atoms. The average molecular weight is 324 g/mol. The lowest BCUT2D eigenvalue weighted by Crippen LogP contribution is -2.42. The molecule has 0 unspecified atom stereocenters. The molecular weight excluding hydrogens is 304 g/mol. The third kappa shape index (κ3) is 2.59. The number of anilines is 1. The smallest absolute Gasteiger partial charge is 0.265 e. The molecule has 6 nitrogen and oxygen atoms in total. The van der Waals surface area contributed by atoms with E-state index in [1.807, 2.05) is 6.92 Å². The highest BCUT2D eigenvalue weighted by Gasteiger charge is 2.32. The van der Waals surface area contributed by atoms with Gasteiger partial charge < -0.3 is 10.1 Å². The minimum Gasteiger partial charge on any atom is -0.479 e. The summed E-state index contributed by atoms with van der Waals surface area (Å²) in [5, 5.41) is 2.70. The summed E-state index contributed by atoms with van der Waals surface area (Å²) < 4.78 is 32.7. The van der Waals surface area contributed by atoms with Crippen molar-refractivity contribution in [3.05, 3.63) is 18.2 Å². The first-order valence-electron chi connectivity index (χ1n) is 7.53. The van der Waals surface area contributed by atoms with Crippen LogP contribution in [0.4, 0.5) is 5.69 Å². The number of hydrogen-bond acceptors (Lipinski definition) is 4. The molecule has 1 saturated heterocycles. The highest BCUT2D eigenvalue weighted by Crippen LogP contribution is 2.34. The Balaban J connectivity index is 1.95. The Hall–Kier alpha value is -1.60. The van der Waals surface area contributed by atoms with Crippen LogP contribution in [0.25, 0.3) is 0 Å². The zero-order valence-electron chi connectivity index (χ0n) is 12.7. The Morgan fingerprint density at radius 2 is 2.05 bits per heavy atom. The molecule has 0 aromatic heterocycles. The summed E-state index contributed by atoms with van der Waals surface area (Å²) in [5.41, 5.74) is 0.508. The van der Waals surface area contributed by atoms with Gasteiger partial charge >= 0.3 is 0 Å². The summed E-state index contributed by atoms with van der Waals surface area (Å²) in [5.74, 6) is 0.172. The maximum absolute atomic E-state index is 12.8. The number of benzene rings is 1. The van der Waals surface area contributed by atoms with Crippen molar-refractivity contribution in [3.8, 4) is 5.75 Å². The molecule has 2 aliphatic rings. The van der Waals surface area contributed by atoms with E-state index in [0.717, 1.165) is 19.3 Å². The van der Waals surface area contributed by atoms with Crippen LogP contribution in [0.1, 0.15) is 33.1 Å². The number of carbonyl (C=O) groups excluding carboxylic acids is 1. The van der Waals surface area contributed by atoms with Crippen molar-refractivity contribution in [2.45, 2.75) is 50.2 Å². The Kier molecular flexibility index (Phi) is 3.86. The third-order valence-electron chi connectivity index (χ3n) is 4.23. The molecule has 0 aliphatic carbocycles. The van der Waals surface area contributed by atoms with Gasteiger partial charge in [-0.25, -0.2) is 8.42 Å². The van der Waals surface area contributed by atoms with E-state index in [-0.39, 0.29) is 16.8 Å². The largest absolute Gasteiger partial charge is 0.479 e. The fourth-order valence-corrected chi connectivity index (χ4v) is 4.62. The second-order valence-electron chi connectivity index (χ2n) is 5.87. The van der Waals surface area contributed by atoms with Crippen LogP contribution in [0, 0.1) is 0 Å². The van der Waals surface area contributed by atoms with E-state index < -0.39 is 16.1 Å².